The lowest BCUT2D eigenvalue weighted by Gasteiger charge is -2.14. The van der Waals surface area contributed by atoms with Crippen LogP contribution in [0, 0.1) is 13.8 Å². The van der Waals surface area contributed by atoms with Crippen molar-refractivity contribution in [1.82, 2.24) is 0 Å². The van der Waals surface area contributed by atoms with Crippen LogP contribution in [0.15, 0.2) is 71.6 Å². The number of anilines is 3. The average molecular weight is 456 g/mol. The molecule has 0 unspecified atom stereocenters. The lowest BCUT2D eigenvalue weighted by molar-refractivity contribution is 0.340. The summed E-state index contributed by atoms with van der Waals surface area (Å²) in [4.78, 5) is 0.153. The molecule has 162 valence electrons. The predicted octanol–water partition coefficient (Wildman–Crippen LogP) is 5.31. The Labute approximate surface area is 188 Å². The summed E-state index contributed by atoms with van der Waals surface area (Å²) in [5, 5.41) is 6.65. The Balaban J connectivity index is 1.63. The molecule has 0 heterocycles. The molecule has 3 N–H and O–H groups in total. The van der Waals surface area contributed by atoms with E-state index in [4.69, 9.17) is 17.0 Å². The van der Waals surface area contributed by atoms with Crippen LogP contribution >= 0.6 is 12.2 Å². The summed E-state index contributed by atoms with van der Waals surface area (Å²) in [5.41, 5.74) is 4.33. The lowest BCUT2D eigenvalue weighted by atomic mass is 10.1. The number of hydrogen-bond acceptors (Lipinski definition) is 4. The smallest absolute Gasteiger partial charge is 0.261 e. The molecule has 0 bridgehead atoms. The Kier molecular flexibility index (Phi) is 7.14. The second-order valence-electron chi connectivity index (χ2n) is 6.98. The van der Waals surface area contributed by atoms with E-state index in [9.17, 15) is 8.42 Å². The highest BCUT2D eigenvalue weighted by Crippen LogP contribution is 2.21. The van der Waals surface area contributed by atoms with Gasteiger partial charge < -0.3 is 15.4 Å². The van der Waals surface area contributed by atoms with E-state index in [-0.39, 0.29) is 4.90 Å². The third kappa shape index (κ3) is 6.19. The molecule has 0 spiro atoms. The number of aryl methyl sites for hydroxylation is 2. The number of hydrogen-bond donors (Lipinski definition) is 3. The van der Waals surface area contributed by atoms with Gasteiger partial charge in [-0.15, -0.1) is 0 Å². The number of sulfonamides is 1. The number of thiocarbonyl (C=S) groups is 1. The van der Waals surface area contributed by atoms with Gasteiger partial charge in [0.25, 0.3) is 10.0 Å². The van der Waals surface area contributed by atoms with Gasteiger partial charge >= 0.3 is 0 Å². The predicted molar refractivity (Wildman–Crippen MR) is 131 cm³/mol. The largest absolute Gasteiger partial charge is 0.494 e. The van der Waals surface area contributed by atoms with Crippen molar-refractivity contribution >= 4 is 44.4 Å². The van der Waals surface area contributed by atoms with E-state index in [0.29, 0.717) is 28.8 Å². The summed E-state index contributed by atoms with van der Waals surface area (Å²) < 4.78 is 33.2. The minimum Gasteiger partial charge on any atom is -0.494 e. The van der Waals surface area contributed by atoms with Gasteiger partial charge in [0, 0.05) is 17.1 Å². The topological polar surface area (TPSA) is 79.5 Å². The van der Waals surface area contributed by atoms with Crippen molar-refractivity contribution in [3.8, 4) is 5.75 Å². The molecule has 0 aliphatic heterocycles. The van der Waals surface area contributed by atoms with Gasteiger partial charge in [0.05, 0.1) is 11.5 Å². The molecule has 0 radical (unpaired) electrons. The van der Waals surface area contributed by atoms with Crippen LogP contribution in [-0.2, 0) is 10.0 Å². The third-order valence-corrected chi connectivity index (χ3v) is 6.07. The van der Waals surface area contributed by atoms with Gasteiger partial charge in [0.1, 0.15) is 5.75 Å². The van der Waals surface area contributed by atoms with E-state index in [1.54, 1.807) is 36.4 Å². The molecule has 0 aliphatic rings. The number of nitrogens with one attached hydrogen (secondary N) is 3. The highest BCUT2D eigenvalue weighted by atomic mass is 32.2. The van der Waals surface area contributed by atoms with Gasteiger partial charge in [-0.1, -0.05) is 17.7 Å². The molecule has 0 saturated carbocycles. The van der Waals surface area contributed by atoms with Gasteiger partial charge in [-0.25, -0.2) is 8.42 Å². The Morgan fingerprint density at radius 3 is 2.16 bits per heavy atom. The highest BCUT2D eigenvalue weighted by Gasteiger charge is 2.14. The molecule has 0 atom stereocenters. The van der Waals surface area contributed by atoms with Gasteiger partial charge in [-0.05, 0) is 93.1 Å². The minimum absolute atomic E-state index is 0.153. The maximum absolute atomic E-state index is 12.7. The fourth-order valence-corrected chi connectivity index (χ4v) is 4.24. The first-order valence-corrected chi connectivity index (χ1v) is 11.7. The van der Waals surface area contributed by atoms with E-state index in [0.717, 1.165) is 11.3 Å². The van der Waals surface area contributed by atoms with Crippen molar-refractivity contribution in [3.05, 3.63) is 77.9 Å². The molecule has 0 saturated heterocycles. The van der Waals surface area contributed by atoms with Crippen LogP contribution in [0.1, 0.15) is 18.1 Å². The fourth-order valence-electron chi connectivity index (χ4n) is 2.96. The molecular weight excluding hydrogens is 430 g/mol. The first-order chi connectivity index (χ1) is 14.8. The quantitative estimate of drug-likeness (QED) is 0.419. The van der Waals surface area contributed by atoms with Crippen molar-refractivity contribution < 1.29 is 13.2 Å². The van der Waals surface area contributed by atoms with Crippen LogP contribution in [0.25, 0.3) is 0 Å². The average Bonchev–Trinajstić information content (AvgIpc) is 2.72. The van der Waals surface area contributed by atoms with Crippen LogP contribution in [0.2, 0.25) is 0 Å². The van der Waals surface area contributed by atoms with Gasteiger partial charge in [-0.2, -0.15) is 0 Å². The van der Waals surface area contributed by atoms with Crippen LogP contribution in [0.5, 0.6) is 5.75 Å². The monoisotopic (exact) mass is 455 g/mol. The van der Waals surface area contributed by atoms with E-state index < -0.39 is 10.0 Å². The number of benzene rings is 3. The zero-order chi connectivity index (χ0) is 22.4. The molecule has 0 fully saturated rings. The van der Waals surface area contributed by atoms with Crippen LogP contribution < -0.4 is 20.1 Å². The molecule has 0 amide bonds. The Bertz CT molecular complexity index is 1160. The molecule has 0 aromatic heterocycles. The fraction of sp³-hybridized carbons (Fsp3) is 0.174. The summed E-state index contributed by atoms with van der Waals surface area (Å²) in [7, 11) is -3.71. The Morgan fingerprint density at radius 2 is 1.55 bits per heavy atom. The molecule has 3 rings (SSSR count). The van der Waals surface area contributed by atoms with Crippen molar-refractivity contribution in [2.75, 3.05) is 22.0 Å². The maximum Gasteiger partial charge on any atom is 0.261 e. The third-order valence-electron chi connectivity index (χ3n) is 4.47. The summed E-state index contributed by atoms with van der Waals surface area (Å²) in [6.07, 6.45) is 0. The molecule has 6 nitrogen and oxygen atoms in total. The van der Waals surface area contributed by atoms with Crippen molar-refractivity contribution in [1.29, 1.82) is 0 Å². The van der Waals surface area contributed by atoms with Gasteiger partial charge in [-0.3, -0.25) is 4.72 Å². The van der Waals surface area contributed by atoms with E-state index in [1.165, 1.54) is 17.7 Å². The Morgan fingerprint density at radius 1 is 0.903 bits per heavy atom. The zero-order valence-corrected chi connectivity index (χ0v) is 19.2. The first kappa shape index (κ1) is 22.6. The van der Waals surface area contributed by atoms with Crippen molar-refractivity contribution in [2.24, 2.45) is 0 Å². The molecule has 0 aliphatic carbocycles. The molecule has 3 aromatic carbocycles. The van der Waals surface area contributed by atoms with Crippen molar-refractivity contribution in [2.45, 2.75) is 25.7 Å². The normalized spacial score (nSPS) is 10.9. The second kappa shape index (κ2) is 9.80. The summed E-state index contributed by atoms with van der Waals surface area (Å²) in [5.74, 6) is 0.686. The Hall–Kier alpha value is -3.10. The number of rotatable bonds is 7. The van der Waals surface area contributed by atoms with Crippen molar-refractivity contribution in [3.63, 3.8) is 0 Å². The first-order valence-electron chi connectivity index (χ1n) is 9.78. The lowest BCUT2D eigenvalue weighted by Crippen LogP contribution is -2.19. The summed E-state index contributed by atoms with van der Waals surface area (Å²) >= 11 is 5.37. The van der Waals surface area contributed by atoms with Crippen LogP contribution in [0.3, 0.4) is 0 Å². The van der Waals surface area contributed by atoms with E-state index in [1.807, 2.05) is 32.9 Å². The highest BCUT2D eigenvalue weighted by molar-refractivity contribution is 7.92. The summed E-state index contributed by atoms with van der Waals surface area (Å²) in [6.45, 7) is 6.49. The SMILES string of the molecule is CCOc1ccc(NS(=O)(=O)c2ccc(NC(=S)Nc3ccc(C)cc3C)cc2)cc1. The van der Waals surface area contributed by atoms with Crippen LogP contribution in [0.4, 0.5) is 17.1 Å². The molecule has 3 aromatic rings. The molecule has 8 heteroatoms. The van der Waals surface area contributed by atoms with Gasteiger partial charge in [0.15, 0.2) is 5.11 Å². The van der Waals surface area contributed by atoms with Crippen LogP contribution in [-0.4, -0.2) is 20.1 Å². The molecule has 31 heavy (non-hydrogen) atoms. The number of ether oxygens (including phenoxy) is 1. The maximum atomic E-state index is 12.7. The van der Waals surface area contributed by atoms with E-state index in [2.05, 4.69) is 21.4 Å². The zero-order valence-electron chi connectivity index (χ0n) is 17.6. The summed E-state index contributed by atoms with van der Waals surface area (Å²) in [6, 6.07) is 19.2. The van der Waals surface area contributed by atoms with Gasteiger partial charge in [0.2, 0.25) is 0 Å². The molecular formula is C23H25N3O3S2. The minimum atomic E-state index is -3.71. The van der Waals surface area contributed by atoms with E-state index >= 15 is 0 Å². The second-order valence-corrected chi connectivity index (χ2v) is 9.08. The standard InChI is InChI=1S/C23H25N3O3S2/c1-4-29-20-10-6-19(7-11-20)26-31(27,28)21-12-8-18(9-13-21)24-23(30)25-22-14-5-16(2)15-17(22)3/h5-15,26H,4H2,1-3H3,(H2,24,25,30).